The standard InChI is InChI=1S/C14H19NO4/c1-9(2)19-14(18)11-5-3-4-7-15-8-6-10(12(11)15)13(16)17/h6,8-9,11H,3-5,7H2,1-2H3,(H,16,17). The van der Waals surface area contributed by atoms with Gasteiger partial charge in [0.1, 0.15) is 0 Å². The Bertz CT molecular complexity index is 490. The number of aryl methyl sites for hydroxylation is 1. The van der Waals surface area contributed by atoms with E-state index in [-0.39, 0.29) is 17.6 Å². The van der Waals surface area contributed by atoms with Gasteiger partial charge in [-0.25, -0.2) is 4.79 Å². The molecular formula is C14H19NO4. The average molecular weight is 265 g/mol. The summed E-state index contributed by atoms with van der Waals surface area (Å²) in [6, 6.07) is 1.57. The third-order valence-electron chi connectivity index (χ3n) is 3.35. The molecule has 0 radical (unpaired) electrons. The predicted molar refractivity (Wildman–Crippen MR) is 69.2 cm³/mol. The summed E-state index contributed by atoms with van der Waals surface area (Å²) in [6.07, 6.45) is 4.06. The van der Waals surface area contributed by atoms with E-state index >= 15 is 0 Å². The van der Waals surface area contributed by atoms with Gasteiger partial charge in [-0.2, -0.15) is 0 Å². The summed E-state index contributed by atoms with van der Waals surface area (Å²) >= 11 is 0. The van der Waals surface area contributed by atoms with Crippen LogP contribution in [0.4, 0.5) is 0 Å². The summed E-state index contributed by atoms with van der Waals surface area (Å²) in [4.78, 5) is 23.4. The van der Waals surface area contributed by atoms with Gasteiger partial charge in [-0.1, -0.05) is 6.42 Å². The maximum Gasteiger partial charge on any atom is 0.337 e. The van der Waals surface area contributed by atoms with Crippen molar-refractivity contribution in [2.45, 2.75) is 51.7 Å². The normalized spacial score (nSPS) is 18.8. The smallest absolute Gasteiger partial charge is 0.337 e. The zero-order valence-electron chi connectivity index (χ0n) is 11.3. The number of carbonyl (C=O) groups excluding carboxylic acids is 1. The fourth-order valence-electron chi connectivity index (χ4n) is 2.56. The molecule has 1 unspecified atom stereocenters. The number of hydrogen-bond acceptors (Lipinski definition) is 3. The van der Waals surface area contributed by atoms with Gasteiger partial charge in [0.05, 0.1) is 17.6 Å². The van der Waals surface area contributed by atoms with E-state index in [1.807, 2.05) is 4.57 Å². The van der Waals surface area contributed by atoms with Crippen molar-refractivity contribution >= 4 is 11.9 Å². The zero-order valence-corrected chi connectivity index (χ0v) is 11.3. The van der Waals surface area contributed by atoms with E-state index in [0.717, 1.165) is 19.4 Å². The van der Waals surface area contributed by atoms with Gasteiger partial charge in [0.15, 0.2) is 0 Å². The van der Waals surface area contributed by atoms with Gasteiger partial charge >= 0.3 is 11.9 Å². The van der Waals surface area contributed by atoms with Crippen LogP contribution in [-0.2, 0) is 16.1 Å². The molecule has 0 aromatic carbocycles. The fourth-order valence-corrected chi connectivity index (χ4v) is 2.56. The maximum absolute atomic E-state index is 12.2. The molecule has 104 valence electrons. The summed E-state index contributed by atoms with van der Waals surface area (Å²) in [7, 11) is 0. The van der Waals surface area contributed by atoms with E-state index in [1.54, 1.807) is 26.1 Å². The molecule has 0 amide bonds. The number of rotatable bonds is 3. The second kappa shape index (κ2) is 5.47. The molecule has 1 atom stereocenters. The zero-order chi connectivity index (χ0) is 14.0. The molecule has 1 aliphatic heterocycles. The van der Waals surface area contributed by atoms with Crippen LogP contribution in [0.25, 0.3) is 0 Å². The second-order valence-corrected chi connectivity index (χ2v) is 5.15. The highest BCUT2D eigenvalue weighted by Gasteiger charge is 2.31. The molecule has 0 aliphatic carbocycles. The Morgan fingerprint density at radius 3 is 2.79 bits per heavy atom. The van der Waals surface area contributed by atoms with Crippen LogP contribution in [0.3, 0.4) is 0 Å². The Labute approximate surface area is 112 Å². The fraction of sp³-hybridized carbons (Fsp3) is 0.571. The van der Waals surface area contributed by atoms with Crippen LogP contribution in [0.2, 0.25) is 0 Å². The summed E-state index contributed by atoms with van der Waals surface area (Å²) in [5.74, 6) is -1.77. The van der Waals surface area contributed by atoms with E-state index in [4.69, 9.17) is 4.74 Å². The Morgan fingerprint density at radius 2 is 2.16 bits per heavy atom. The first kappa shape index (κ1) is 13.6. The first-order valence-electron chi connectivity index (χ1n) is 6.63. The van der Waals surface area contributed by atoms with Crippen molar-refractivity contribution in [3.05, 3.63) is 23.5 Å². The number of ether oxygens (including phenoxy) is 1. The highest BCUT2D eigenvalue weighted by Crippen LogP contribution is 2.31. The molecule has 0 bridgehead atoms. The summed E-state index contributed by atoms with van der Waals surface area (Å²) in [5, 5.41) is 9.24. The lowest BCUT2D eigenvalue weighted by Crippen LogP contribution is -2.22. The molecular weight excluding hydrogens is 246 g/mol. The van der Waals surface area contributed by atoms with Gasteiger partial charge in [0, 0.05) is 18.4 Å². The molecule has 5 nitrogen and oxygen atoms in total. The van der Waals surface area contributed by atoms with Crippen molar-refractivity contribution in [3.8, 4) is 0 Å². The first-order valence-corrected chi connectivity index (χ1v) is 6.63. The minimum absolute atomic E-state index is 0.188. The monoisotopic (exact) mass is 265 g/mol. The largest absolute Gasteiger partial charge is 0.478 e. The summed E-state index contributed by atoms with van der Waals surface area (Å²) in [5.41, 5.74) is 0.809. The lowest BCUT2D eigenvalue weighted by atomic mass is 9.97. The molecule has 0 spiro atoms. The van der Waals surface area contributed by atoms with E-state index in [0.29, 0.717) is 12.1 Å². The topological polar surface area (TPSA) is 68.5 Å². The van der Waals surface area contributed by atoms with Crippen molar-refractivity contribution < 1.29 is 19.4 Å². The minimum atomic E-state index is -0.988. The average Bonchev–Trinajstić information content (AvgIpc) is 2.61. The third kappa shape index (κ3) is 2.80. The maximum atomic E-state index is 12.2. The summed E-state index contributed by atoms with van der Waals surface area (Å²) < 4.78 is 7.14. The Morgan fingerprint density at radius 1 is 1.42 bits per heavy atom. The van der Waals surface area contributed by atoms with Crippen LogP contribution in [0.15, 0.2) is 12.3 Å². The van der Waals surface area contributed by atoms with Gasteiger partial charge in [-0.15, -0.1) is 0 Å². The molecule has 0 fully saturated rings. The lowest BCUT2D eigenvalue weighted by Gasteiger charge is -2.18. The van der Waals surface area contributed by atoms with Crippen LogP contribution < -0.4 is 0 Å². The molecule has 0 saturated carbocycles. The van der Waals surface area contributed by atoms with Crippen LogP contribution in [-0.4, -0.2) is 27.7 Å². The Kier molecular flexibility index (Phi) is 3.93. The van der Waals surface area contributed by atoms with Crippen LogP contribution in [0.5, 0.6) is 0 Å². The van der Waals surface area contributed by atoms with Gasteiger partial charge in [-0.05, 0) is 32.8 Å². The molecule has 19 heavy (non-hydrogen) atoms. The number of aromatic carboxylic acids is 1. The van der Waals surface area contributed by atoms with Gasteiger partial charge in [0.2, 0.25) is 0 Å². The second-order valence-electron chi connectivity index (χ2n) is 5.15. The molecule has 1 N–H and O–H groups in total. The Hall–Kier alpha value is -1.78. The van der Waals surface area contributed by atoms with E-state index in [1.165, 1.54) is 0 Å². The molecule has 5 heteroatoms. The SMILES string of the molecule is CC(C)OC(=O)C1CCCCn2ccc(C(=O)O)c21. The Balaban J connectivity index is 2.38. The van der Waals surface area contributed by atoms with E-state index < -0.39 is 11.9 Å². The van der Waals surface area contributed by atoms with E-state index in [2.05, 4.69) is 0 Å². The van der Waals surface area contributed by atoms with Crippen LogP contribution in [0.1, 0.15) is 55.1 Å². The molecule has 2 heterocycles. The van der Waals surface area contributed by atoms with E-state index in [9.17, 15) is 14.7 Å². The van der Waals surface area contributed by atoms with Crippen molar-refractivity contribution in [2.24, 2.45) is 0 Å². The highest BCUT2D eigenvalue weighted by atomic mass is 16.5. The quantitative estimate of drug-likeness (QED) is 0.852. The summed E-state index contributed by atoms with van der Waals surface area (Å²) in [6.45, 7) is 4.35. The number of carboxylic acids is 1. The minimum Gasteiger partial charge on any atom is -0.478 e. The predicted octanol–water partition coefficient (Wildman–Crippen LogP) is 2.41. The van der Waals surface area contributed by atoms with Gasteiger partial charge in [0.25, 0.3) is 0 Å². The van der Waals surface area contributed by atoms with Crippen LogP contribution in [0, 0.1) is 0 Å². The van der Waals surface area contributed by atoms with Crippen molar-refractivity contribution in [2.75, 3.05) is 0 Å². The molecule has 0 saturated heterocycles. The van der Waals surface area contributed by atoms with Gasteiger partial charge < -0.3 is 14.4 Å². The molecule has 1 aromatic rings. The molecule has 1 aliphatic rings. The van der Waals surface area contributed by atoms with Gasteiger partial charge in [-0.3, -0.25) is 4.79 Å². The number of nitrogens with zero attached hydrogens (tertiary/aromatic N) is 1. The number of hydrogen-bond donors (Lipinski definition) is 1. The lowest BCUT2D eigenvalue weighted by molar-refractivity contribution is -0.149. The highest BCUT2D eigenvalue weighted by molar-refractivity contribution is 5.92. The number of esters is 1. The third-order valence-corrected chi connectivity index (χ3v) is 3.35. The van der Waals surface area contributed by atoms with Crippen LogP contribution >= 0.6 is 0 Å². The molecule has 1 aromatic heterocycles. The van der Waals surface area contributed by atoms with Crippen molar-refractivity contribution in [1.29, 1.82) is 0 Å². The number of aromatic nitrogens is 1. The number of carboxylic acid groups (broad SMARTS) is 1. The molecule has 2 rings (SSSR count). The van der Waals surface area contributed by atoms with Crippen molar-refractivity contribution in [1.82, 2.24) is 4.57 Å². The number of fused-ring (bicyclic) bond motifs is 1. The first-order chi connectivity index (χ1) is 9.00. The van der Waals surface area contributed by atoms with Crippen molar-refractivity contribution in [3.63, 3.8) is 0 Å². The number of carbonyl (C=O) groups is 2.